The first-order chi connectivity index (χ1) is 8.82. The average Bonchev–Trinajstić information content (AvgIpc) is 2.28. The molecule has 0 amide bonds. The van der Waals surface area contributed by atoms with E-state index in [0.717, 1.165) is 6.42 Å². The fourth-order valence-electron chi connectivity index (χ4n) is 2.10. The number of carbonyl (C=O) groups is 1. The second kappa shape index (κ2) is 6.52. The minimum Gasteiger partial charge on any atom is -0.480 e. The minimum atomic E-state index is -3.90. The predicted molar refractivity (Wildman–Crippen MR) is 76.8 cm³/mol. The van der Waals surface area contributed by atoms with E-state index in [1.165, 1.54) is 6.07 Å². The number of hydrogen-bond donors (Lipinski definition) is 1. The van der Waals surface area contributed by atoms with Crippen molar-refractivity contribution in [1.29, 1.82) is 0 Å². The van der Waals surface area contributed by atoms with Crippen LogP contribution >= 0.6 is 15.9 Å². The molecule has 1 aromatic rings. The molecule has 0 spiro atoms. The number of hydrogen-bond acceptors (Lipinski definition) is 3. The van der Waals surface area contributed by atoms with E-state index in [9.17, 15) is 18.3 Å². The van der Waals surface area contributed by atoms with Gasteiger partial charge in [-0.3, -0.25) is 4.79 Å². The molecule has 0 fully saturated rings. The first-order valence-corrected chi connectivity index (χ1v) is 8.37. The summed E-state index contributed by atoms with van der Waals surface area (Å²) in [6.07, 6.45) is 1.30. The largest absolute Gasteiger partial charge is 0.480 e. The Hall–Kier alpha value is -0.880. The van der Waals surface area contributed by atoms with Gasteiger partial charge in [0.25, 0.3) is 0 Å². The number of carboxylic acids is 1. The van der Waals surface area contributed by atoms with E-state index < -0.39 is 27.0 Å². The number of carboxylic acid groups (broad SMARTS) is 1. The second-order valence-electron chi connectivity index (χ2n) is 4.50. The van der Waals surface area contributed by atoms with Gasteiger partial charge in [0.05, 0.1) is 4.90 Å². The maximum atomic E-state index is 12.5. The lowest BCUT2D eigenvalue weighted by molar-refractivity contribution is -0.137. The normalized spacial score (nSPS) is 14.9. The molecule has 0 bridgehead atoms. The molecule has 4 nitrogen and oxygen atoms in total. The van der Waals surface area contributed by atoms with E-state index in [1.807, 2.05) is 6.92 Å². The second-order valence-corrected chi connectivity index (χ2v) is 7.39. The summed E-state index contributed by atoms with van der Waals surface area (Å²) < 4.78 is 25.4. The molecule has 6 heteroatoms. The van der Waals surface area contributed by atoms with Crippen molar-refractivity contribution in [1.82, 2.24) is 0 Å². The Bertz CT molecular complexity index is 554. The minimum absolute atomic E-state index is 0.0327. The molecule has 106 valence electrons. The van der Waals surface area contributed by atoms with Crippen LogP contribution in [0.25, 0.3) is 0 Å². The molecule has 0 aliphatic heterocycles. The third kappa shape index (κ3) is 3.57. The first kappa shape index (κ1) is 16.2. The number of halogens is 1. The molecule has 0 saturated heterocycles. The number of rotatable bonds is 6. The van der Waals surface area contributed by atoms with Crippen molar-refractivity contribution in [2.45, 2.75) is 36.8 Å². The SMILES string of the molecule is CCCC(C)C(C(=O)O)S(=O)(=O)c1ccccc1Br. The zero-order valence-electron chi connectivity index (χ0n) is 10.8. The molecular formula is C13H17BrO4S. The number of benzene rings is 1. The van der Waals surface area contributed by atoms with E-state index in [0.29, 0.717) is 10.9 Å². The zero-order valence-corrected chi connectivity index (χ0v) is 13.2. The Morgan fingerprint density at radius 2 is 1.95 bits per heavy atom. The van der Waals surface area contributed by atoms with Crippen LogP contribution in [0.5, 0.6) is 0 Å². The monoisotopic (exact) mass is 348 g/mol. The van der Waals surface area contributed by atoms with Gasteiger partial charge in [-0.15, -0.1) is 0 Å². The number of sulfone groups is 1. The van der Waals surface area contributed by atoms with Crippen LogP contribution in [0, 0.1) is 5.92 Å². The van der Waals surface area contributed by atoms with Gasteiger partial charge >= 0.3 is 5.97 Å². The Morgan fingerprint density at radius 3 is 2.42 bits per heavy atom. The van der Waals surface area contributed by atoms with Crippen LogP contribution in [-0.2, 0) is 14.6 Å². The Labute approximate surface area is 121 Å². The molecule has 0 aromatic heterocycles. The van der Waals surface area contributed by atoms with Gasteiger partial charge in [0.1, 0.15) is 0 Å². The van der Waals surface area contributed by atoms with Crippen molar-refractivity contribution >= 4 is 31.7 Å². The van der Waals surface area contributed by atoms with Crippen LogP contribution < -0.4 is 0 Å². The van der Waals surface area contributed by atoms with Crippen molar-refractivity contribution in [2.75, 3.05) is 0 Å². The van der Waals surface area contributed by atoms with Gasteiger partial charge in [0, 0.05) is 4.47 Å². The molecule has 0 radical (unpaired) electrons. The lowest BCUT2D eigenvalue weighted by Gasteiger charge is -2.20. The van der Waals surface area contributed by atoms with Crippen molar-refractivity contribution in [3.05, 3.63) is 28.7 Å². The summed E-state index contributed by atoms with van der Waals surface area (Å²) in [5.74, 6) is -1.73. The zero-order chi connectivity index (χ0) is 14.6. The van der Waals surface area contributed by atoms with Gasteiger partial charge in [-0.1, -0.05) is 32.4 Å². The first-order valence-electron chi connectivity index (χ1n) is 6.03. The highest BCUT2D eigenvalue weighted by molar-refractivity contribution is 9.10. The fraction of sp³-hybridized carbons (Fsp3) is 0.462. The van der Waals surface area contributed by atoms with Crippen molar-refractivity contribution in [3.63, 3.8) is 0 Å². The molecular weight excluding hydrogens is 332 g/mol. The third-order valence-electron chi connectivity index (χ3n) is 2.98. The molecule has 0 saturated carbocycles. The van der Waals surface area contributed by atoms with Crippen molar-refractivity contribution in [2.24, 2.45) is 5.92 Å². The maximum Gasteiger partial charge on any atom is 0.322 e. The Morgan fingerprint density at radius 1 is 1.37 bits per heavy atom. The summed E-state index contributed by atoms with van der Waals surface area (Å²) in [5, 5.41) is 7.85. The highest BCUT2D eigenvalue weighted by Gasteiger charge is 2.38. The Kier molecular flexibility index (Phi) is 5.55. The van der Waals surface area contributed by atoms with Crippen LogP contribution in [0.4, 0.5) is 0 Å². The van der Waals surface area contributed by atoms with Crippen molar-refractivity contribution < 1.29 is 18.3 Å². The third-order valence-corrected chi connectivity index (χ3v) is 6.24. The molecule has 0 heterocycles. The molecule has 1 N–H and O–H groups in total. The quantitative estimate of drug-likeness (QED) is 0.857. The smallest absolute Gasteiger partial charge is 0.322 e. The predicted octanol–water partition coefficient (Wildman–Crippen LogP) is 3.11. The highest BCUT2D eigenvalue weighted by atomic mass is 79.9. The van der Waals surface area contributed by atoms with Gasteiger partial charge in [-0.2, -0.15) is 0 Å². The van der Waals surface area contributed by atoms with Gasteiger partial charge in [-0.25, -0.2) is 8.42 Å². The van der Waals surface area contributed by atoms with Crippen LogP contribution in [0.2, 0.25) is 0 Å². The molecule has 0 aliphatic rings. The molecule has 2 unspecified atom stereocenters. The summed E-state index contributed by atoms with van der Waals surface area (Å²) in [4.78, 5) is 11.4. The number of aliphatic carboxylic acids is 1. The van der Waals surface area contributed by atoms with Crippen molar-refractivity contribution in [3.8, 4) is 0 Å². The van der Waals surface area contributed by atoms with E-state index in [1.54, 1.807) is 25.1 Å². The van der Waals surface area contributed by atoms with Crippen LogP contribution in [0.1, 0.15) is 26.7 Å². The van der Waals surface area contributed by atoms with E-state index in [4.69, 9.17) is 0 Å². The summed E-state index contributed by atoms with van der Waals surface area (Å²) in [5.41, 5.74) is 0. The molecule has 1 aromatic carbocycles. The topological polar surface area (TPSA) is 71.4 Å². The fourth-order valence-corrected chi connectivity index (χ4v) is 4.96. The molecule has 19 heavy (non-hydrogen) atoms. The Balaban J connectivity index is 3.29. The van der Waals surface area contributed by atoms with E-state index in [2.05, 4.69) is 15.9 Å². The summed E-state index contributed by atoms with van der Waals surface area (Å²) >= 11 is 3.17. The van der Waals surface area contributed by atoms with Gasteiger partial charge < -0.3 is 5.11 Å². The summed E-state index contributed by atoms with van der Waals surface area (Å²) in [7, 11) is -3.90. The van der Waals surface area contributed by atoms with Gasteiger partial charge in [0.15, 0.2) is 15.1 Å². The van der Waals surface area contributed by atoms with Crippen LogP contribution in [0.3, 0.4) is 0 Å². The van der Waals surface area contributed by atoms with Crippen LogP contribution in [0.15, 0.2) is 33.6 Å². The summed E-state index contributed by atoms with van der Waals surface area (Å²) in [6.45, 7) is 3.57. The standard InChI is InChI=1S/C13H17BrO4S/c1-3-6-9(2)12(13(15)16)19(17,18)11-8-5-4-7-10(11)14/h4-5,7-9,12H,3,6H2,1-2H3,(H,15,16). The van der Waals surface area contributed by atoms with Crippen LogP contribution in [-0.4, -0.2) is 24.7 Å². The molecule has 0 aliphatic carbocycles. The average molecular weight is 349 g/mol. The highest BCUT2D eigenvalue weighted by Crippen LogP contribution is 2.29. The van der Waals surface area contributed by atoms with E-state index in [-0.39, 0.29) is 4.90 Å². The summed E-state index contributed by atoms with van der Waals surface area (Å²) in [6, 6.07) is 6.29. The van der Waals surface area contributed by atoms with Gasteiger partial charge in [-0.05, 0) is 40.4 Å². The molecule has 1 rings (SSSR count). The van der Waals surface area contributed by atoms with Gasteiger partial charge in [0.2, 0.25) is 0 Å². The van der Waals surface area contributed by atoms with E-state index >= 15 is 0 Å². The lowest BCUT2D eigenvalue weighted by atomic mass is 10.0. The lowest BCUT2D eigenvalue weighted by Crippen LogP contribution is -2.36. The maximum absolute atomic E-state index is 12.5. The molecule has 2 atom stereocenters.